The molecule has 1 aliphatic rings. The number of rotatable bonds is 7. The first kappa shape index (κ1) is 24.4. The molecule has 1 saturated heterocycles. The normalized spacial score (nSPS) is 16.9. The van der Waals surface area contributed by atoms with Gasteiger partial charge in [0, 0.05) is 45.3 Å². The number of guanidine groups is 1. The van der Waals surface area contributed by atoms with E-state index in [0.717, 1.165) is 19.5 Å². The van der Waals surface area contributed by atoms with E-state index >= 15 is 0 Å². The molecule has 0 unspecified atom stereocenters. The topological polar surface area (TPSA) is 72.0 Å². The molecule has 8 heteroatoms. The summed E-state index contributed by atoms with van der Waals surface area (Å²) in [5.41, 5.74) is -0.209. The van der Waals surface area contributed by atoms with Crippen LogP contribution < -0.4 is 16.0 Å². The Hall–Kier alpha value is -0.610. The summed E-state index contributed by atoms with van der Waals surface area (Å²) in [5.74, 6) is 0.652. The summed E-state index contributed by atoms with van der Waals surface area (Å²) < 4.78 is 0. The lowest BCUT2D eigenvalue weighted by Crippen LogP contribution is -2.48. The van der Waals surface area contributed by atoms with Gasteiger partial charge in [-0.1, -0.05) is 0 Å². The van der Waals surface area contributed by atoms with E-state index in [1.54, 1.807) is 7.05 Å². The van der Waals surface area contributed by atoms with E-state index in [1.165, 1.54) is 32.6 Å². The van der Waals surface area contributed by atoms with Crippen LogP contribution in [0.3, 0.4) is 0 Å². The maximum atomic E-state index is 11.8. The van der Waals surface area contributed by atoms with Gasteiger partial charge < -0.3 is 25.8 Å². The zero-order valence-electron chi connectivity index (χ0n) is 16.5. The van der Waals surface area contributed by atoms with E-state index < -0.39 is 0 Å². The fraction of sp³-hybridized carbons (Fsp3) is 0.882. The molecule has 7 nitrogen and oxygen atoms in total. The fourth-order valence-electron chi connectivity index (χ4n) is 2.59. The highest BCUT2D eigenvalue weighted by Crippen LogP contribution is 2.01. The van der Waals surface area contributed by atoms with Crippen LogP contribution >= 0.6 is 24.0 Å². The van der Waals surface area contributed by atoms with Gasteiger partial charge in [0.2, 0.25) is 5.91 Å². The maximum absolute atomic E-state index is 11.8. The molecule has 1 fully saturated rings. The van der Waals surface area contributed by atoms with Gasteiger partial charge in [-0.15, -0.1) is 24.0 Å². The zero-order chi connectivity index (χ0) is 18.0. The van der Waals surface area contributed by atoms with Gasteiger partial charge in [0.25, 0.3) is 0 Å². The first-order valence-electron chi connectivity index (χ1n) is 8.96. The van der Waals surface area contributed by atoms with Crippen molar-refractivity contribution in [3.05, 3.63) is 0 Å². The Morgan fingerprint density at radius 2 is 1.72 bits per heavy atom. The van der Waals surface area contributed by atoms with Crippen LogP contribution in [0.2, 0.25) is 0 Å². The smallest absolute Gasteiger partial charge is 0.239 e. The summed E-state index contributed by atoms with van der Waals surface area (Å²) in [6.07, 6.45) is 2.28. The minimum atomic E-state index is -0.209. The Kier molecular flexibility index (Phi) is 12.4. The number of hydrogen-bond acceptors (Lipinski definition) is 4. The monoisotopic (exact) mass is 468 g/mol. The second-order valence-electron chi connectivity index (χ2n) is 7.50. The van der Waals surface area contributed by atoms with Crippen molar-refractivity contribution in [2.24, 2.45) is 4.99 Å². The van der Waals surface area contributed by atoms with E-state index in [9.17, 15) is 4.79 Å². The minimum absolute atomic E-state index is 0. The van der Waals surface area contributed by atoms with E-state index in [4.69, 9.17) is 0 Å². The third-order valence-electron chi connectivity index (χ3n) is 3.94. The number of likely N-dealkylation sites (N-methyl/N-ethyl adjacent to an activating group) is 1. The number of carbonyl (C=O) groups excluding carboxylic acids is 1. The summed E-state index contributed by atoms with van der Waals surface area (Å²) in [6, 6.07) is 0. The largest absolute Gasteiger partial charge is 0.356 e. The molecule has 0 spiro atoms. The van der Waals surface area contributed by atoms with Gasteiger partial charge in [-0.2, -0.15) is 0 Å². The molecule has 0 saturated carbocycles. The molecular formula is C17H37IN6O. The maximum Gasteiger partial charge on any atom is 0.239 e. The number of unbranched alkanes of at least 4 members (excludes halogenated alkanes) is 1. The summed E-state index contributed by atoms with van der Waals surface area (Å²) >= 11 is 0. The van der Waals surface area contributed by atoms with Crippen LogP contribution in [0.5, 0.6) is 0 Å². The highest BCUT2D eigenvalue weighted by molar-refractivity contribution is 14.0. The average Bonchev–Trinajstić information content (AvgIpc) is 2.50. The molecule has 0 aromatic heterocycles. The van der Waals surface area contributed by atoms with Gasteiger partial charge in [0.1, 0.15) is 0 Å². The molecule has 0 radical (unpaired) electrons. The van der Waals surface area contributed by atoms with E-state index in [-0.39, 0.29) is 42.0 Å². The number of halogens is 1. The minimum Gasteiger partial charge on any atom is -0.356 e. The Morgan fingerprint density at radius 1 is 1.08 bits per heavy atom. The zero-order valence-corrected chi connectivity index (χ0v) is 18.9. The van der Waals surface area contributed by atoms with Gasteiger partial charge in [-0.05, 0) is 47.2 Å². The molecule has 0 aromatic rings. The van der Waals surface area contributed by atoms with Gasteiger partial charge in [0.15, 0.2) is 5.96 Å². The molecule has 0 aliphatic carbocycles. The molecule has 148 valence electrons. The van der Waals surface area contributed by atoms with Crippen LogP contribution in [0.15, 0.2) is 4.99 Å². The molecule has 1 amide bonds. The molecule has 3 N–H and O–H groups in total. The Labute approximate surface area is 170 Å². The van der Waals surface area contributed by atoms with Crippen LogP contribution in [0.4, 0.5) is 0 Å². The van der Waals surface area contributed by atoms with Crippen molar-refractivity contribution in [3.63, 3.8) is 0 Å². The van der Waals surface area contributed by atoms with Crippen molar-refractivity contribution in [2.45, 2.75) is 39.2 Å². The predicted molar refractivity (Wildman–Crippen MR) is 116 cm³/mol. The molecule has 0 bridgehead atoms. The van der Waals surface area contributed by atoms with Crippen molar-refractivity contribution in [1.29, 1.82) is 0 Å². The molecule has 0 atom stereocenters. The van der Waals surface area contributed by atoms with Crippen LogP contribution in [0, 0.1) is 0 Å². The van der Waals surface area contributed by atoms with Crippen LogP contribution in [-0.4, -0.2) is 87.1 Å². The lowest BCUT2D eigenvalue weighted by atomic mass is 10.1. The number of piperazine rings is 1. The third kappa shape index (κ3) is 12.4. The second kappa shape index (κ2) is 12.7. The Balaban J connectivity index is 0.00000576. The lowest BCUT2D eigenvalue weighted by Gasteiger charge is -2.32. The SMILES string of the molecule is CN=C(NCCCCN1CCN(C)CC1)NCC(=O)NC(C)(C)C.I. The van der Waals surface area contributed by atoms with Gasteiger partial charge in [-0.3, -0.25) is 9.79 Å². The van der Waals surface area contributed by atoms with Gasteiger partial charge in [0.05, 0.1) is 6.54 Å². The summed E-state index contributed by atoms with van der Waals surface area (Å²) in [5, 5.41) is 9.23. The van der Waals surface area contributed by atoms with Crippen LogP contribution in [0.25, 0.3) is 0 Å². The number of aliphatic imine (C=N–C) groups is 1. The quantitative estimate of drug-likeness (QED) is 0.222. The lowest BCUT2D eigenvalue weighted by molar-refractivity contribution is -0.121. The highest BCUT2D eigenvalue weighted by atomic mass is 127. The van der Waals surface area contributed by atoms with E-state index in [1.807, 2.05) is 20.8 Å². The van der Waals surface area contributed by atoms with E-state index in [0.29, 0.717) is 5.96 Å². The number of hydrogen-bond donors (Lipinski definition) is 3. The first-order chi connectivity index (χ1) is 11.3. The van der Waals surface area contributed by atoms with Gasteiger partial charge in [-0.25, -0.2) is 0 Å². The van der Waals surface area contributed by atoms with Crippen molar-refractivity contribution in [2.75, 3.05) is 59.9 Å². The highest BCUT2D eigenvalue weighted by Gasteiger charge is 2.14. The number of nitrogens with zero attached hydrogens (tertiary/aromatic N) is 3. The first-order valence-corrected chi connectivity index (χ1v) is 8.96. The molecule has 1 heterocycles. The Bertz CT molecular complexity index is 402. The Morgan fingerprint density at radius 3 is 2.28 bits per heavy atom. The van der Waals surface area contributed by atoms with Gasteiger partial charge >= 0.3 is 0 Å². The fourth-order valence-corrected chi connectivity index (χ4v) is 2.59. The van der Waals surface area contributed by atoms with Crippen molar-refractivity contribution in [3.8, 4) is 0 Å². The van der Waals surface area contributed by atoms with Crippen LogP contribution in [0.1, 0.15) is 33.6 Å². The predicted octanol–water partition coefficient (Wildman–Crippen LogP) is 0.712. The second-order valence-corrected chi connectivity index (χ2v) is 7.50. The van der Waals surface area contributed by atoms with Crippen molar-refractivity contribution < 1.29 is 4.79 Å². The molecule has 1 rings (SSSR count). The average molecular weight is 468 g/mol. The standard InChI is InChI=1S/C17H36N6O.HI/c1-17(2,3)21-15(24)14-20-16(18-4)19-8-6-7-9-23-12-10-22(5)11-13-23;/h6-14H2,1-5H3,(H,21,24)(H2,18,19,20);1H. The molecule has 25 heavy (non-hydrogen) atoms. The van der Waals surface area contributed by atoms with Crippen LogP contribution in [-0.2, 0) is 4.79 Å². The molecule has 0 aromatic carbocycles. The summed E-state index contributed by atoms with van der Waals surface area (Å²) in [6.45, 7) is 12.9. The molecule has 1 aliphatic heterocycles. The van der Waals surface area contributed by atoms with Crippen molar-refractivity contribution in [1.82, 2.24) is 25.8 Å². The molecular weight excluding hydrogens is 431 g/mol. The van der Waals surface area contributed by atoms with E-state index in [2.05, 4.69) is 37.8 Å². The summed E-state index contributed by atoms with van der Waals surface area (Å²) in [4.78, 5) is 20.8. The third-order valence-corrected chi connectivity index (χ3v) is 3.94. The number of nitrogens with one attached hydrogen (secondary N) is 3. The number of amides is 1. The van der Waals surface area contributed by atoms with Crippen molar-refractivity contribution >= 4 is 35.8 Å². The summed E-state index contributed by atoms with van der Waals surface area (Å²) in [7, 11) is 3.91. The number of carbonyl (C=O) groups is 1.